The molecule has 0 spiro atoms. The van der Waals surface area contributed by atoms with Crippen molar-refractivity contribution >= 4 is 21.4 Å². The summed E-state index contributed by atoms with van der Waals surface area (Å²) in [5, 5.41) is 5.84. The minimum absolute atomic E-state index is 0.174. The van der Waals surface area contributed by atoms with E-state index < -0.39 is 20.5 Å². The lowest BCUT2D eigenvalue weighted by Gasteiger charge is -2.27. The highest BCUT2D eigenvalue weighted by Crippen LogP contribution is 2.23. The molecule has 2 rings (SSSR count). The summed E-state index contributed by atoms with van der Waals surface area (Å²) in [5.41, 5.74) is 0.206. The second-order valence-electron chi connectivity index (χ2n) is 5.40. The van der Waals surface area contributed by atoms with Crippen LogP contribution < -0.4 is 10.6 Å². The summed E-state index contributed by atoms with van der Waals surface area (Å²) >= 11 is 0. The van der Waals surface area contributed by atoms with Crippen LogP contribution in [-0.2, 0) is 14.6 Å². The molecule has 0 aliphatic carbocycles. The molecule has 0 saturated carbocycles. The van der Waals surface area contributed by atoms with Crippen molar-refractivity contribution in [2.75, 3.05) is 11.9 Å². The third-order valence-corrected chi connectivity index (χ3v) is 5.04. The topological polar surface area (TPSA) is 75.3 Å². The van der Waals surface area contributed by atoms with E-state index >= 15 is 0 Å². The normalized spacial score (nSPS) is 22.5. The Kier molecular flexibility index (Phi) is 5.12. The Morgan fingerprint density at radius 1 is 1.41 bits per heavy atom. The molecule has 1 aromatic carbocycles. The molecular weight excluding hydrogens is 314 g/mol. The zero-order valence-corrected chi connectivity index (χ0v) is 12.9. The first-order chi connectivity index (χ1) is 10.3. The van der Waals surface area contributed by atoms with Gasteiger partial charge >= 0.3 is 5.76 Å². The predicted octanol–water partition coefficient (Wildman–Crippen LogP) is 2.01. The molecule has 1 saturated heterocycles. The first-order valence-electron chi connectivity index (χ1n) is 6.97. The molecule has 1 amide bonds. The van der Waals surface area contributed by atoms with Crippen LogP contribution in [0.25, 0.3) is 0 Å². The highest BCUT2D eigenvalue weighted by Gasteiger charge is 2.28. The van der Waals surface area contributed by atoms with Crippen molar-refractivity contribution in [3.8, 4) is 0 Å². The van der Waals surface area contributed by atoms with Crippen LogP contribution in [0.5, 0.6) is 0 Å². The predicted molar refractivity (Wildman–Crippen MR) is 78.5 cm³/mol. The van der Waals surface area contributed by atoms with E-state index in [2.05, 4.69) is 10.6 Å². The number of nitrogens with one attached hydrogen (secondary N) is 2. The summed E-state index contributed by atoms with van der Waals surface area (Å²) < 4.78 is 48.0. The van der Waals surface area contributed by atoms with Crippen LogP contribution >= 0.6 is 0 Å². The maximum absolute atomic E-state index is 12.5. The number of carbonyl (C=O) groups is 1. The molecule has 0 bridgehead atoms. The summed E-state index contributed by atoms with van der Waals surface area (Å²) in [5.74, 6) is -3.88. The van der Waals surface area contributed by atoms with E-state index in [4.69, 9.17) is 0 Å². The highest BCUT2D eigenvalue weighted by atomic mass is 32.2. The fraction of sp³-hybridized carbons (Fsp3) is 0.500. The van der Waals surface area contributed by atoms with E-state index in [9.17, 15) is 22.0 Å². The number of hydrogen-bond donors (Lipinski definition) is 2. The second-order valence-corrected chi connectivity index (χ2v) is 7.32. The average Bonchev–Trinajstić information content (AvgIpc) is 2.47. The largest absolute Gasteiger partial charge is 0.341 e. The van der Waals surface area contributed by atoms with Crippen LogP contribution in [0, 0.1) is 5.92 Å². The van der Waals surface area contributed by atoms with E-state index in [-0.39, 0.29) is 23.6 Å². The number of sulfone groups is 1. The first-order valence-corrected chi connectivity index (χ1v) is 8.51. The summed E-state index contributed by atoms with van der Waals surface area (Å²) in [7, 11) is -4.66. The van der Waals surface area contributed by atoms with Crippen LogP contribution in [0.1, 0.15) is 19.8 Å². The van der Waals surface area contributed by atoms with Gasteiger partial charge in [-0.3, -0.25) is 4.79 Å². The van der Waals surface area contributed by atoms with Crippen molar-refractivity contribution < 1.29 is 22.0 Å². The number of hydrogen-bond acceptors (Lipinski definition) is 4. The average molecular weight is 332 g/mol. The lowest BCUT2D eigenvalue weighted by molar-refractivity contribution is -0.120. The molecule has 0 aromatic heterocycles. The van der Waals surface area contributed by atoms with Gasteiger partial charge in [0, 0.05) is 17.6 Å². The van der Waals surface area contributed by atoms with E-state index in [1.807, 2.05) is 6.92 Å². The van der Waals surface area contributed by atoms with E-state index in [0.717, 1.165) is 18.7 Å². The number of alkyl halides is 2. The number of benzene rings is 1. The molecule has 1 aliphatic rings. The number of anilines is 1. The Hall–Kier alpha value is -1.54. The number of carbonyl (C=O) groups excluding carboxylic acids is 1. The van der Waals surface area contributed by atoms with Gasteiger partial charge in [0.25, 0.3) is 0 Å². The van der Waals surface area contributed by atoms with Gasteiger partial charge in [0.1, 0.15) is 0 Å². The standard InChI is InChI=1S/C14H18F2N2O3S/c1-9-7-10(5-6-17-9)13(19)18-11-3-2-4-12(8-11)22(20,21)14(15)16/h2-4,8-10,14,17H,5-7H2,1H3,(H,18,19)/t9-,10-/m0/s1. The smallest absolute Gasteiger partial charge is 0.326 e. The number of amides is 1. The third kappa shape index (κ3) is 3.80. The molecule has 1 fully saturated rings. The maximum atomic E-state index is 12.5. The lowest BCUT2D eigenvalue weighted by atomic mass is 9.92. The fourth-order valence-corrected chi connectivity index (χ4v) is 3.23. The summed E-state index contributed by atoms with van der Waals surface area (Å²) in [6.07, 6.45) is 1.37. The van der Waals surface area contributed by atoms with E-state index in [1.54, 1.807) is 0 Å². The monoisotopic (exact) mass is 332 g/mol. The van der Waals surface area contributed by atoms with Crippen LogP contribution in [0.4, 0.5) is 14.5 Å². The Morgan fingerprint density at radius 3 is 2.77 bits per heavy atom. The Balaban J connectivity index is 2.12. The van der Waals surface area contributed by atoms with Crippen molar-refractivity contribution in [2.24, 2.45) is 5.92 Å². The number of piperidine rings is 1. The Labute approximate surface area is 128 Å². The molecule has 2 N–H and O–H groups in total. The molecule has 8 heteroatoms. The quantitative estimate of drug-likeness (QED) is 0.884. The number of halogens is 2. The minimum Gasteiger partial charge on any atom is -0.326 e. The Bertz CT molecular complexity index is 649. The lowest BCUT2D eigenvalue weighted by Crippen LogP contribution is -2.40. The van der Waals surface area contributed by atoms with Gasteiger partial charge in [-0.15, -0.1) is 0 Å². The molecule has 0 unspecified atom stereocenters. The SMILES string of the molecule is C[C@H]1C[C@@H](C(=O)Nc2cccc(S(=O)(=O)C(F)F)c2)CCN1. The Morgan fingerprint density at radius 2 is 2.14 bits per heavy atom. The van der Waals surface area contributed by atoms with Crippen molar-refractivity contribution in [1.82, 2.24) is 5.32 Å². The second kappa shape index (κ2) is 6.70. The van der Waals surface area contributed by atoms with Gasteiger partial charge in [0.05, 0.1) is 4.90 Å². The van der Waals surface area contributed by atoms with Gasteiger partial charge in [-0.2, -0.15) is 8.78 Å². The molecular formula is C14H18F2N2O3S. The van der Waals surface area contributed by atoms with Gasteiger partial charge in [-0.05, 0) is 44.5 Å². The fourth-order valence-electron chi connectivity index (χ4n) is 2.47. The third-order valence-electron chi connectivity index (χ3n) is 3.66. The minimum atomic E-state index is -4.66. The maximum Gasteiger partial charge on any atom is 0.341 e. The van der Waals surface area contributed by atoms with Crippen molar-refractivity contribution in [1.29, 1.82) is 0 Å². The highest BCUT2D eigenvalue weighted by molar-refractivity contribution is 7.91. The summed E-state index contributed by atoms with van der Waals surface area (Å²) in [4.78, 5) is 11.7. The molecule has 1 aromatic rings. The molecule has 1 heterocycles. The number of rotatable bonds is 4. The van der Waals surface area contributed by atoms with Gasteiger partial charge in [-0.1, -0.05) is 6.07 Å². The molecule has 0 radical (unpaired) electrons. The van der Waals surface area contributed by atoms with E-state index in [0.29, 0.717) is 12.8 Å². The van der Waals surface area contributed by atoms with Crippen molar-refractivity contribution in [2.45, 2.75) is 36.5 Å². The summed E-state index contributed by atoms with van der Waals surface area (Å²) in [6, 6.07) is 5.19. The first kappa shape index (κ1) is 16.8. The molecule has 1 aliphatic heterocycles. The zero-order chi connectivity index (χ0) is 16.3. The van der Waals surface area contributed by atoms with E-state index in [1.165, 1.54) is 12.1 Å². The van der Waals surface area contributed by atoms with Crippen molar-refractivity contribution in [3.05, 3.63) is 24.3 Å². The molecule has 122 valence electrons. The molecule has 22 heavy (non-hydrogen) atoms. The van der Waals surface area contributed by atoms with Gasteiger partial charge in [0.2, 0.25) is 15.7 Å². The van der Waals surface area contributed by atoms with Crippen LogP contribution in [-0.4, -0.2) is 32.7 Å². The van der Waals surface area contributed by atoms with Gasteiger partial charge in [0.15, 0.2) is 0 Å². The van der Waals surface area contributed by atoms with Crippen molar-refractivity contribution in [3.63, 3.8) is 0 Å². The van der Waals surface area contributed by atoms with Crippen LogP contribution in [0.15, 0.2) is 29.2 Å². The van der Waals surface area contributed by atoms with Gasteiger partial charge in [-0.25, -0.2) is 8.42 Å². The van der Waals surface area contributed by atoms with Crippen LogP contribution in [0.3, 0.4) is 0 Å². The van der Waals surface area contributed by atoms with Gasteiger partial charge < -0.3 is 10.6 Å². The molecule has 5 nitrogen and oxygen atoms in total. The zero-order valence-electron chi connectivity index (χ0n) is 12.1. The van der Waals surface area contributed by atoms with Crippen LogP contribution in [0.2, 0.25) is 0 Å². The molecule has 2 atom stereocenters. The summed E-state index contributed by atoms with van der Waals surface area (Å²) in [6.45, 7) is 2.72.